The Hall–Kier alpha value is -1.01. The van der Waals surface area contributed by atoms with E-state index >= 15 is 0 Å². The standard InChI is InChI=1S/C15H18BF3O2/c1-14(2)15(3,4)21-16(20-14)11-7-9(11)10-5-8(17)6-12(18)13(10)19/h5-6,9,11H,7H2,1-4H3. The van der Waals surface area contributed by atoms with E-state index < -0.39 is 35.8 Å². The third-order valence-corrected chi connectivity index (χ3v) is 4.88. The van der Waals surface area contributed by atoms with E-state index in [1.165, 1.54) is 0 Å². The molecular weight excluding hydrogens is 280 g/mol. The van der Waals surface area contributed by atoms with Crippen LogP contribution in [0.1, 0.15) is 45.6 Å². The molecule has 1 saturated heterocycles. The van der Waals surface area contributed by atoms with Gasteiger partial charge in [0.2, 0.25) is 0 Å². The summed E-state index contributed by atoms with van der Waals surface area (Å²) in [6, 6.07) is 1.62. The predicted octanol–water partition coefficient (Wildman–Crippen LogP) is 4.05. The summed E-state index contributed by atoms with van der Waals surface area (Å²) in [5.74, 6) is -3.21. The molecule has 2 aliphatic rings. The second kappa shape index (κ2) is 4.49. The van der Waals surface area contributed by atoms with Gasteiger partial charge in [-0.25, -0.2) is 13.2 Å². The van der Waals surface area contributed by atoms with E-state index in [-0.39, 0.29) is 17.3 Å². The summed E-state index contributed by atoms with van der Waals surface area (Å²) in [5.41, 5.74) is -0.847. The molecule has 2 fully saturated rings. The van der Waals surface area contributed by atoms with E-state index in [0.717, 1.165) is 6.07 Å². The molecule has 0 amide bonds. The van der Waals surface area contributed by atoms with Crippen LogP contribution >= 0.6 is 0 Å². The Morgan fingerprint density at radius 2 is 1.62 bits per heavy atom. The molecule has 2 unspecified atom stereocenters. The van der Waals surface area contributed by atoms with Crippen LogP contribution in [-0.4, -0.2) is 18.3 Å². The first-order chi connectivity index (χ1) is 9.62. The second-order valence-electron chi connectivity index (χ2n) is 6.92. The minimum atomic E-state index is -1.15. The molecule has 2 atom stereocenters. The fourth-order valence-corrected chi connectivity index (χ4v) is 2.78. The predicted molar refractivity (Wildman–Crippen MR) is 73.5 cm³/mol. The van der Waals surface area contributed by atoms with Crippen molar-refractivity contribution in [2.45, 2.75) is 57.1 Å². The van der Waals surface area contributed by atoms with E-state index in [2.05, 4.69) is 0 Å². The summed E-state index contributed by atoms with van der Waals surface area (Å²) in [4.78, 5) is 0. The molecule has 1 aromatic carbocycles. The van der Waals surface area contributed by atoms with Gasteiger partial charge in [-0.15, -0.1) is 0 Å². The minimum absolute atomic E-state index is 0.0678. The van der Waals surface area contributed by atoms with Crippen LogP contribution in [0.3, 0.4) is 0 Å². The van der Waals surface area contributed by atoms with Gasteiger partial charge in [-0.1, -0.05) is 0 Å². The third kappa shape index (κ3) is 2.38. The van der Waals surface area contributed by atoms with Gasteiger partial charge in [0, 0.05) is 11.9 Å². The first-order valence-electron chi connectivity index (χ1n) is 7.12. The molecule has 6 heteroatoms. The maximum atomic E-state index is 13.8. The molecule has 2 nitrogen and oxygen atoms in total. The molecule has 21 heavy (non-hydrogen) atoms. The first-order valence-corrected chi connectivity index (χ1v) is 7.12. The van der Waals surface area contributed by atoms with Crippen LogP contribution in [-0.2, 0) is 9.31 Å². The van der Waals surface area contributed by atoms with Gasteiger partial charge in [0.25, 0.3) is 0 Å². The zero-order valence-corrected chi connectivity index (χ0v) is 12.5. The highest BCUT2D eigenvalue weighted by Gasteiger charge is 2.60. The van der Waals surface area contributed by atoms with Crippen molar-refractivity contribution >= 4 is 7.12 Å². The van der Waals surface area contributed by atoms with Crippen LogP contribution in [0.2, 0.25) is 5.82 Å². The van der Waals surface area contributed by atoms with Crippen LogP contribution in [0.25, 0.3) is 0 Å². The van der Waals surface area contributed by atoms with Gasteiger partial charge in [0.1, 0.15) is 5.82 Å². The van der Waals surface area contributed by atoms with Crippen molar-refractivity contribution in [2.24, 2.45) is 0 Å². The Kier molecular flexibility index (Phi) is 3.19. The summed E-state index contributed by atoms with van der Waals surface area (Å²) in [6.07, 6.45) is 0.608. The molecule has 0 N–H and O–H groups in total. The van der Waals surface area contributed by atoms with E-state index in [9.17, 15) is 13.2 Å². The van der Waals surface area contributed by atoms with Crippen molar-refractivity contribution in [3.8, 4) is 0 Å². The molecule has 0 aromatic heterocycles. The average Bonchev–Trinajstić information content (AvgIpc) is 3.08. The van der Waals surface area contributed by atoms with Crippen molar-refractivity contribution in [1.82, 2.24) is 0 Å². The van der Waals surface area contributed by atoms with Gasteiger partial charge < -0.3 is 9.31 Å². The van der Waals surface area contributed by atoms with Gasteiger partial charge in [0.15, 0.2) is 11.6 Å². The molecule has 3 rings (SSSR count). The molecular formula is C15H18BF3O2. The van der Waals surface area contributed by atoms with Gasteiger partial charge in [-0.2, -0.15) is 0 Å². The average molecular weight is 298 g/mol. The summed E-state index contributed by atoms with van der Waals surface area (Å²) in [5, 5.41) is 0. The van der Waals surface area contributed by atoms with Crippen LogP contribution in [0.4, 0.5) is 13.2 Å². The van der Waals surface area contributed by atoms with Crippen molar-refractivity contribution in [3.63, 3.8) is 0 Å². The fraction of sp³-hybridized carbons (Fsp3) is 0.600. The number of hydrogen-bond donors (Lipinski definition) is 0. The van der Waals surface area contributed by atoms with E-state index in [1.807, 2.05) is 27.7 Å². The maximum Gasteiger partial charge on any atom is 0.461 e. The molecule has 1 saturated carbocycles. The molecule has 0 radical (unpaired) electrons. The molecule has 1 heterocycles. The molecule has 0 bridgehead atoms. The van der Waals surface area contributed by atoms with Crippen LogP contribution in [0.5, 0.6) is 0 Å². The Morgan fingerprint density at radius 3 is 2.19 bits per heavy atom. The second-order valence-corrected chi connectivity index (χ2v) is 6.92. The lowest BCUT2D eigenvalue weighted by Crippen LogP contribution is -2.41. The minimum Gasteiger partial charge on any atom is -0.403 e. The smallest absolute Gasteiger partial charge is 0.403 e. The molecule has 1 aliphatic carbocycles. The molecule has 1 aliphatic heterocycles. The quantitative estimate of drug-likeness (QED) is 0.605. The lowest BCUT2D eigenvalue weighted by atomic mass is 9.79. The highest BCUT2D eigenvalue weighted by atomic mass is 19.2. The zero-order chi connectivity index (χ0) is 15.6. The van der Waals surface area contributed by atoms with E-state index in [4.69, 9.17) is 9.31 Å². The van der Waals surface area contributed by atoms with Crippen LogP contribution in [0, 0.1) is 17.5 Å². The van der Waals surface area contributed by atoms with Gasteiger partial charge >= 0.3 is 7.12 Å². The molecule has 1 aromatic rings. The summed E-state index contributed by atoms with van der Waals surface area (Å²) < 4.78 is 52.2. The Bertz CT molecular complexity index is 573. The Labute approximate surface area is 122 Å². The highest BCUT2D eigenvalue weighted by Crippen LogP contribution is 2.58. The monoisotopic (exact) mass is 298 g/mol. The topological polar surface area (TPSA) is 18.5 Å². The van der Waals surface area contributed by atoms with Crippen molar-refractivity contribution in [2.75, 3.05) is 0 Å². The third-order valence-electron chi connectivity index (χ3n) is 4.88. The summed E-state index contributed by atoms with van der Waals surface area (Å²) in [7, 11) is -0.467. The zero-order valence-electron chi connectivity index (χ0n) is 12.5. The summed E-state index contributed by atoms with van der Waals surface area (Å²) in [6.45, 7) is 7.75. The molecule has 0 spiro atoms. The number of benzene rings is 1. The number of hydrogen-bond acceptors (Lipinski definition) is 2. The largest absolute Gasteiger partial charge is 0.461 e. The Morgan fingerprint density at radius 1 is 1.05 bits per heavy atom. The SMILES string of the molecule is CC1(C)OB(C2CC2c2cc(F)cc(F)c2F)OC1(C)C. The van der Waals surface area contributed by atoms with Crippen LogP contribution < -0.4 is 0 Å². The maximum absolute atomic E-state index is 13.8. The first kappa shape index (κ1) is 14.9. The Balaban J connectivity index is 1.79. The highest BCUT2D eigenvalue weighted by molar-refractivity contribution is 6.49. The van der Waals surface area contributed by atoms with Crippen molar-refractivity contribution in [1.29, 1.82) is 0 Å². The normalized spacial score (nSPS) is 29.8. The lowest BCUT2D eigenvalue weighted by molar-refractivity contribution is 0.00578. The molecule has 114 valence electrons. The van der Waals surface area contributed by atoms with Crippen molar-refractivity contribution in [3.05, 3.63) is 35.1 Å². The van der Waals surface area contributed by atoms with E-state index in [1.54, 1.807) is 0 Å². The van der Waals surface area contributed by atoms with E-state index in [0.29, 0.717) is 12.5 Å². The lowest BCUT2D eigenvalue weighted by Gasteiger charge is -2.32. The van der Waals surface area contributed by atoms with Crippen molar-refractivity contribution < 1.29 is 22.5 Å². The van der Waals surface area contributed by atoms with Gasteiger partial charge in [0.05, 0.1) is 11.2 Å². The van der Waals surface area contributed by atoms with Gasteiger partial charge in [-0.3, -0.25) is 0 Å². The van der Waals surface area contributed by atoms with Gasteiger partial charge in [-0.05, 0) is 51.7 Å². The fourth-order valence-electron chi connectivity index (χ4n) is 2.78. The summed E-state index contributed by atoms with van der Waals surface area (Å²) >= 11 is 0. The number of rotatable bonds is 2. The number of halogens is 3. The van der Waals surface area contributed by atoms with Crippen LogP contribution in [0.15, 0.2) is 12.1 Å².